The van der Waals surface area contributed by atoms with E-state index in [1.165, 1.54) is 12.1 Å². The van der Waals surface area contributed by atoms with Gasteiger partial charge < -0.3 is 30.7 Å². The maximum Gasteiger partial charge on any atom is 0.255 e. The molecule has 0 saturated heterocycles. The standard InChI is InChI=1S/C30H25FN4O6/c1-35(2)17-11-16-29(41-19(34-16)8-5-12-3-6-14(31)7-4-12)24-22(17)25(32)15-9-13-10-18(36)23(30(33)40)27(38)20(13)26(37)21(15)28(24)39/h3-8,11,13,15,20,32,38-39H,9-10H2,1-2H3,(H2,33,40)/b8-5+,32-25?. The lowest BCUT2D eigenvalue weighted by molar-refractivity contribution is -0.127. The van der Waals surface area contributed by atoms with Crippen LogP contribution in [0.1, 0.15) is 35.4 Å². The molecule has 0 aliphatic heterocycles. The van der Waals surface area contributed by atoms with Crippen LogP contribution < -0.4 is 10.6 Å². The molecule has 0 bridgehead atoms. The van der Waals surface area contributed by atoms with Gasteiger partial charge in [-0.3, -0.25) is 14.4 Å². The molecule has 1 aromatic heterocycles. The largest absolute Gasteiger partial charge is 0.511 e. The van der Waals surface area contributed by atoms with Crippen LogP contribution in [-0.4, -0.2) is 52.5 Å². The van der Waals surface area contributed by atoms with Crippen LogP contribution >= 0.6 is 0 Å². The third-order valence-electron chi connectivity index (χ3n) is 7.99. The van der Waals surface area contributed by atoms with Crippen molar-refractivity contribution in [2.45, 2.75) is 12.8 Å². The number of fused-ring (bicyclic) bond motifs is 5. The molecular formula is C30H25FN4O6. The molecule has 3 aromatic rings. The van der Waals surface area contributed by atoms with E-state index in [1.54, 1.807) is 49.3 Å². The molecule has 10 nitrogen and oxygen atoms in total. The number of ketones is 2. The Morgan fingerprint density at radius 3 is 2.54 bits per heavy atom. The van der Waals surface area contributed by atoms with E-state index in [0.717, 1.165) is 0 Å². The van der Waals surface area contributed by atoms with Crippen LogP contribution in [0.4, 0.5) is 10.1 Å². The second kappa shape index (κ2) is 9.26. The number of aromatic nitrogens is 1. The molecule has 1 fully saturated rings. The van der Waals surface area contributed by atoms with Crippen LogP contribution in [-0.2, 0) is 14.4 Å². The SMILES string of the molecule is CN(C)c1cc2nc(/C=C/c3ccc(F)cc3)oc2c2c1C(=N)C1CC3CC(=O)C(C(N)=O)=C(O)C3C(=O)C1=C2O. The zero-order valence-electron chi connectivity index (χ0n) is 22.1. The van der Waals surface area contributed by atoms with Crippen molar-refractivity contribution in [3.8, 4) is 0 Å². The van der Waals surface area contributed by atoms with E-state index in [-0.39, 0.29) is 47.0 Å². The highest BCUT2D eigenvalue weighted by molar-refractivity contribution is 6.25. The number of aliphatic hydroxyl groups excluding tert-OH is 2. The number of rotatable bonds is 4. The number of nitrogens with two attached hydrogens (primary N) is 1. The number of carbonyl (C=O) groups is 3. The summed E-state index contributed by atoms with van der Waals surface area (Å²) in [4.78, 5) is 44.5. The molecule has 11 heteroatoms. The van der Waals surface area contributed by atoms with Gasteiger partial charge in [-0.2, -0.15) is 0 Å². The van der Waals surface area contributed by atoms with E-state index in [0.29, 0.717) is 22.3 Å². The number of amides is 1. The van der Waals surface area contributed by atoms with Crippen LogP contribution in [0.5, 0.6) is 0 Å². The number of allylic oxidation sites excluding steroid dienone is 2. The fourth-order valence-corrected chi connectivity index (χ4v) is 6.15. The minimum absolute atomic E-state index is 0.0571. The Morgan fingerprint density at radius 1 is 1.17 bits per heavy atom. The zero-order valence-corrected chi connectivity index (χ0v) is 22.1. The van der Waals surface area contributed by atoms with Gasteiger partial charge in [-0.1, -0.05) is 12.1 Å². The number of hydrogen-bond acceptors (Lipinski definition) is 9. The molecule has 0 spiro atoms. The third-order valence-corrected chi connectivity index (χ3v) is 7.99. The lowest BCUT2D eigenvalue weighted by atomic mass is 9.61. The molecule has 1 heterocycles. The number of oxazole rings is 1. The highest BCUT2D eigenvalue weighted by Crippen LogP contribution is 2.51. The number of nitrogens with one attached hydrogen (secondary N) is 1. The van der Waals surface area contributed by atoms with Gasteiger partial charge in [0.1, 0.15) is 28.4 Å². The summed E-state index contributed by atoms with van der Waals surface area (Å²) in [6, 6.07) is 7.56. The average molecular weight is 557 g/mol. The highest BCUT2D eigenvalue weighted by Gasteiger charge is 2.52. The fourth-order valence-electron chi connectivity index (χ4n) is 6.15. The number of aliphatic hydroxyl groups is 2. The van der Waals surface area contributed by atoms with Gasteiger partial charge in [-0.25, -0.2) is 9.37 Å². The Bertz CT molecular complexity index is 1800. The van der Waals surface area contributed by atoms with Crippen LogP contribution in [0.15, 0.2) is 51.7 Å². The minimum Gasteiger partial charge on any atom is -0.511 e. The number of carbonyl (C=O) groups excluding carboxylic acids is 3. The quantitative estimate of drug-likeness (QED) is 0.350. The molecule has 3 unspecified atom stereocenters. The van der Waals surface area contributed by atoms with Crippen LogP contribution in [0.25, 0.3) is 29.0 Å². The van der Waals surface area contributed by atoms with E-state index >= 15 is 0 Å². The summed E-state index contributed by atoms with van der Waals surface area (Å²) in [5, 5.41) is 31.6. The molecule has 5 N–H and O–H groups in total. The molecule has 1 amide bonds. The predicted octanol–water partition coefficient (Wildman–Crippen LogP) is 3.95. The lowest BCUT2D eigenvalue weighted by Gasteiger charge is -2.41. The van der Waals surface area contributed by atoms with Gasteiger partial charge in [0.15, 0.2) is 17.1 Å². The van der Waals surface area contributed by atoms with E-state index in [9.17, 15) is 29.0 Å². The van der Waals surface area contributed by atoms with Crippen molar-refractivity contribution in [2.75, 3.05) is 19.0 Å². The van der Waals surface area contributed by atoms with Crippen LogP contribution in [0.3, 0.4) is 0 Å². The van der Waals surface area contributed by atoms with Crippen molar-refractivity contribution in [3.05, 3.63) is 75.6 Å². The maximum absolute atomic E-state index is 13.8. The summed E-state index contributed by atoms with van der Waals surface area (Å²) in [5.41, 5.74) is 6.95. The highest BCUT2D eigenvalue weighted by atomic mass is 19.1. The topological polar surface area (TPSA) is 171 Å². The molecule has 3 aliphatic carbocycles. The first-order valence-electron chi connectivity index (χ1n) is 12.9. The normalized spacial score (nSPS) is 22.3. The summed E-state index contributed by atoms with van der Waals surface area (Å²) in [6.45, 7) is 0. The number of primary amides is 1. The Kier molecular flexibility index (Phi) is 5.91. The number of benzene rings is 2. The number of anilines is 1. The minimum atomic E-state index is -1.24. The number of hydrogen-bond donors (Lipinski definition) is 4. The molecule has 2 aromatic carbocycles. The summed E-state index contributed by atoms with van der Waals surface area (Å²) in [6.07, 6.45) is 3.21. The number of Topliss-reactive ketones (excluding diaryl/α,β-unsaturated/α-hetero) is 2. The van der Waals surface area contributed by atoms with Gasteiger partial charge in [0, 0.05) is 55.0 Å². The molecule has 0 radical (unpaired) electrons. The second-order valence-electron chi connectivity index (χ2n) is 10.6. The third kappa shape index (κ3) is 3.95. The predicted molar refractivity (Wildman–Crippen MR) is 149 cm³/mol. The molecule has 41 heavy (non-hydrogen) atoms. The molecule has 208 valence electrons. The van der Waals surface area contributed by atoms with Crippen LogP contribution in [0.2, 0.25) is 0 Å². The van der Waals surface area contributed by atoms with Crippen molar-refractivity contribution in [2.24, 2.45) is 23.5 Å². The van der Waals surface area contributed by atoms with Crippen molar-refractivity contribution >= 4 is 57.9 Å². The van der Waals surface area contributed by atoms with Gasteiger partial charge in [0.2, 0.25) is 5.89 Å². The Labute approximate surface area is 232 Å². The smallest absolute Gasteiger partial charge is 0.255 e. The first-order chi connectivity index (χ1) is 19.5. The first kappa shape index (κ1) is 26.2. The molecule has 3 aliphatic rings. The summed E-state index contributed by atoms with van der Waals surface area (Å²) < 4.78 is 19.3. The Balaban J connectivity index is 1.53. The molecular weight excluding hydrogens is 531 g/mol. The monoisotopic (exact) mass is 556 g/mol. The second-order valence-corrected chi connectivity index (χ2v) is 10.6. The fraction of sp³-hybridized carbons (Fsp3) is 0.233. The summed E-state index contributed by atoms with van der Waals surface area (Å²) in [5.74, 6) is -6.49. The van der Waals surface area contributed by atoms with Crippen molar-refractivity contribution in [3.63, 3.8) is 0 Å². The van der Waals surface area contributed by atoms with Gasteiger partial charge in [0.05, 0.1) is 11.5 Å². The lowest BCUT2D eigenvalue weighted by Crippen LogP contribution is -2.46. The zero-order chi connectivity index (χ0) is 29.3. The van der Waals surface area contributed by atoms with E-state index in [2.05, 4.69) is 4.98 Å². The Morgan fingerprint density at radius 2 is 1.88 bits per heavy atom. The van der Waals surface area contributed by atoms with E-state index in [4.69, 9.17) is 15.6 Å². The van der Waals surface area contributed by atoms with Crippen molar-refractivity contribution < 1.29 is 33.4 Å². The van der Waals surface area contributed by atoms with Gasteiger partial charge in [-0.15, -0.1) is 0 Å². The van der Waals surface area contributed by atoms with Crippen LogP contribution in [0, 0.1) is 29.0 Å². The Hall–Kier alpha value is -5.06. The molecule has 3 atom stereocenters. The van der Waals surface area contributed by atoms with E-state index < -0.39 is 52.3 Å². The molecule has 6 rings (SSSR count). The number of nitrogens with zero attached hydrogens (tertiary/aromatic N) is 2. The maximum atomic E-state index is 13.8. The number of halogens is 1. The first-order valence-corrected chi connectivity index (χ1v) is 12.9. The van der Waals surface area contributed by atoms with Crippen molar-refractivity contribution in [1.29, 1.82) is 5.41 Å². The van der Waals surface area contributed by atoms with Gasteiger partial charge in [0.25, 0.3) is 5.91 Å². The van der Waals surface area contributed by atoms with Gasteiger partial charge >= 0.3 is 0 Å². The average Bonchev–Trinajstić information content (AvgIpc) is 3.32. The van der Waals surface area contributed by atoms with Gasteiger partial charge in [-0.05, 0) is 42.2 Å². The van der Waals surface area contributed by atoms with Crippen molar-refractivity contribution in [1.82, 2.24) is 4.98 Å². The molecule has 1 saturated carbocycles. The summed E-state index contributed by atoms with van der Waals surface area (Å²) in [7, 11) is 3.55. The summed E-state index contributed by atoms with van der Waals surface area (Å²) >= 11 is 0. The van der Waals surface area contributed by atoms with E-state index in [1.807, 2.05) is 0 Å².